The number of nitrogens with zero attached hydrogens (tertiary/aromatic N) is 1. The van der Waals surface area contributed by atoms with Gasteiger partial charge < -0.3 is 5.32 Å². The minimum absolute atomic E-state index is 0.101. The van der Waals surface area contributed by atoms with Gasteiger partial charge in [0.25, 0.3) is 10.0 Å². The normalized spacial score (nSPS) is 11.8. The Hall–Kier alpha value is -1.12. The molecule has 0 spiro atoms. The van der Waals surface area contributed by atoms with Crippen LogP contribution in [0.1, 0.15) is 25.0 Å². The minimum Gasteiger partial charge on any atom is -0.324 e. The molecule has 0 aliphatic heterocycles. The largest absolute Gasteiger partial charge is 0.324 e. The number of hydrogen-bond acceptors (Lipinski definition) is 4. The van der Waals surface area contributed by atoms with Crippen molar-refractivity contribution in [2.75, 3.05) is 18.9 Å². The average molecular weight is 435 g/mol. The van der Waals surface area contributed by atoms with Gasteiger partial charge >= 0.3 is 0 Å². The molecule has 1 heterocycles. The summed E-state index contributed by atoms with van der Waals surface area (Å²) in [6.45, 7) is 3.62. The van der Waals surface area contributed by atoms with Gasteiger partial charge in [-0.3, -0.25) is 4.79 Å². The number of aryl methyl sites for hydroxylation is 1. The summed E-state index contributed by atoms with van der Waals surface area (Å²) in [5.74, 6) is -0.426. The minimum atomic E-state index is -3.76. The SMILES string of the molecule is CCc1ccc(Cl)c(CC)c1NC(=O)CN(C)S(=O)(=O)c1ccc(Cl)s1. The van der Waals surface area contributed by atoms with E-state index in [0.717, 1.165) is 33.2 Å². The number of thiophene rings is 1. The number of carbonyl (C=O) groups is 1. The number of amides is 1. The van der Waals surface area contributed by atoms with E-state index in [1.54, 1.807) is 0 Å². The van der Waals surface area contributed by atoms with Crippen LogP contribution in [0.2, 0.25) is 9.36 Å². The molecule has 0 saturated carbocycles. The quantitative estimate of drug-likeness (QED) is 0.699. The first-order chi connectivity index (χ1) is 12.2. The monoisotopic (exact) mass is 434 g/mol. The highest BCUT2D eigenvalue weighted by Gasteiger charge is 2.25. The number of likely N-dealkylation sites (N-methyl/N-ethyl adjacent to an activating group) is 1. The standard InChI is InChI=1S/C17H20Cl2N2O3S2/c1-4-11-6-7-13(18)12(5-2)17(11)20-15(22)10-21(3)26(23,24)16-9-8-14(19)25-16/h6-9H,4-5,10H2,1-3H3,(H,20,22). The molecule has 0 bridgehead atoms. The van der Waals surface area contributed by atoms with Gasteiger partial charge in [0.15, 0.2) is 0 Å². The number of rotatable bonds is 7. The van der Waals surface area contributed by atoms with Crippen molar-refractivity contribution >= 4 is 56.2 Å². The zero-order valence-corrected chi connectivity index (χ0v) is 17.8. The van der Waals surface area contributed by atoms with Crippen molar-refractivity contribution in [3.63, 3.8) is 0 Å². The Bertz CT molecular complexity index is 911. The number of carbonyl (C=O) groups excluding carboxylic acids is 1. The van der Waals surface area contributed by atoms with Crippen LogP contribution in [0.5, 0.6) is 0 Å². The van der Waals surface area contributed by atoms with Gasteiger partial charge in [-0.05, 0) is 42.2 Å². The van der Waals surface area contributed by atoms with Crippen molar-refractivity contribution in [3.05, 3.63) is 44.8 Å². The molecule has 142 valence electrons. The van der Waals surface area contributed by atoms with E-state index in [0.29, 0.717) is 21.5 Å². The Morgan fingerprint density at radius 2 is 1.85 bits per heavy atom. The molecule has 1 aromatic heterocycles. The summed E-state index contributed by atoms with van der Waals surface area (Å²) >= 11 is 13.0. The highest BCUT2D eigenvalue weighted by molar-refractivity contribution is 7.91. The fourth-order valence-corrected chi connectivity index (χ4v) is 5.63. The summed E-state index contributed by atoms with van der Waals surface area (Å²) in [5, 5.41) is 3.41. The lowest BCUT2D eigenvalue weighted by atomic mass is 10.0. The smallest absolute Gasteiger partial charge is 0.252 e. The molecule has 0 fully saturated rings. The number of benzene rings is 1. The highest BCUT2D eigenvalue weighted by atomic mass is 35.5. The molecular formula is C17H20Cl2N2O3S2. The lowest BCUT2D eigenvalue weighted by molar-refractivity contribution is -0.116. The fraction of sp³-hybridized carbons (Fsp3) is 0.353. The van der Waals surface area contributed by atoms with Crippen LogP contribution in [-0.4, -0.2) is 32.2 Å². The molecule has 1 N–H and O–H groups in total. The first kappa shape index (κ1) is 21.2. The second-order valence-electron chi connectivity index (χ2n) is 5.63. The van der Waals surface area contributed by atoms with Gasteiger partial charge in [0, 0.05) is 17.8 Å². The first-order valence-corrected chi connectivity index (χ1v) is 11.0. The van der Waals surface area contributed by atoms with Crippen LogP contribution in [0.25, 0.3) is 0 Å². The van der Waals surface area contributed by atoms with E-state index in [9.17, 15) is 13.2 Å². The zero-order chi connectivity index (χ0) is 19.5. The molecule has 0 atom stereocenters. The highest BCUT2D eigenvalue weighted by Crippen LogP contribution is 2.30. The van der Waals surface area contributed by atoms with Gasteiger partial charge in [0.2, 0.25) is 5.91 Å². The summed E-state index contributed by atoms with van der Waals surface area (Å²) in [4.78, 5) is 12.5. The molecule has 0 aliphatic rings. The number of sulfonamides is 1. The third kappa shape index (κ3) is 4.58. The predicted molar refractivity (Wildman–Crippen MR) is 108 cm³/mol. The molecule has 0 aliphatic carbocycles. The van der Waals surface area contributed by atoms with E-state index >= 15 is 0 Å². The Balaban J connectivity index is 2.20. The van der Waals surface area contributed by atoms with Gasteiger partial charge in [-0.25, -0.2) is 8.42 Å². The second-order valence-corrected chi connectivity index (χ2v) is 10.0. The van der Waals surface area contributed by atoms with Crippen LogP contribution in [0.3, 0.4) is 0 Å². The van der Waals surface area contributed by atoms with Gasteiger partial charge in [-0.15, -0.1) is 11.3 Å². The maximum Gasteiger partial charge on any atom is 0.252 e. The van der Waals surface area contributed by atoms with Crippen LogP contribution in [0, 0.1) is 0 Å². The third-order valence-electron chi connectivity index (χ3n) is 3.92. The maximum absolute atomic E-state index is 12.5. The molecule has 0 radical (unpaired) electrons. The topological polar surface area (TPSA) is 66.5 Å². The van der Waals surface area contributed by atoms with E-state index in [-0.39, 0.29) is 10.8 Å². The molecular weight excluding hydrogens is 415 g/mol. The van der Waals surface area contributed by atoms with Gasteiger partial charge in [-0.2, -0.15) is 4.31 Å². The van der Waals surface area contributed by atoms with Crippen LogP contribution in [-0.2, 0) is 27.7 Å². The van der Waals surface area contributed by atoms with Gasteiger partial charge in [-0.1, -0.05) is 43.1 Å². The maximum atomic E-state index is 12.5. The number of halogens is 2. The Morgan fingerprint density at radius 3 is 2.38 bits per heavy atom. The molecule has 9 heteroatoms. The zero-order valence-electron chi connectivity index (χ0n) is 14.7. The predicted octanol–water partition coefficient (Wildman–Crippen LogP) is 4.44. The Labute approximate surface area is 168 Å². The molecule has 0 unspecified atom stereocenters. The van der Waals surface area contributed by atoms with Gasteiger partial charge in [0.1, 0.15) is 4.21 Å². The van der Waals surface area contributed by atoms with Crippen LogP contribution >= 0.6 is 34.5 Å². The Kier molecular flexibility index (Phi) is 7.10. The first-order valence-electron chi connectivity index (χ1n) is 8.02. The molecule has 1 aromatic carbocycles. The summed E-state index contributed by atoms with van der Waals surface area (Å²) in [6, 6.07) is 6.62. The van der Waals surface area contributed by atoms with Crippen LogP contribution in [0.15, 0.2) is 28.5 Å². The van der Waals surface area contributed by atoms with Crippen molar-refractivity contribution in [1.82, 2.24) is 4.31 Å². The fourth-order valence-electron chi connectivity index (χ4n) is 2.52. The van der Waals surface area contributed by atoms with Crippen molar-refractivity contribution in [2.24, 2.45) is 0 Å². The molecule has 5 nitrogen and oxygen atoms in total. The summed E-state index contributed by atoms with van der Waals surface area (Å²) in [7, 11) is -2.40. The lowest BCUT2D eigenvalue weighted by Crippen LogP contribution is -2.35. The van der Waals surface area contributed by atoms with Crippen molar-refractivity contribution in [1.29, 1.82) is 0 Å². The second kappa shape index (κ2) is 8.71. The number of hydrogen-bond donors (Lipinski definition) is 1. The summed E-state index contributed by atoms with van der Waals surface area (Å²) < 4.78 is 26.5. The molecule has 2 aromatic rings. The van der Waals surface area contributed by atoms with Crippen molar-refractivity contribution in [3.8, 4) is 0 Å². The van der Waals surface area contributed by atoms with E-state index in [2.05, 4.69) is 5.32 Å². The van der Waals surface area contributed by atoms with Crippen molar-refractivity contribution in [2.45, 2.75) is 30.9 Å². The third-order valence-corrected chi connectivity index (χ3v) is 7.78. The van der Waals surface area contributed by atoms with Crippen LogP contribution in [0.4, 0.5) is 5.69 Å². The molecule has 0 saturated heterocycles. The van der Waals surface area contributed by atoms with E-state index in [1.807, 2.05) is 26.0 Å². The number of nitrogens with one attached hydrogen (secondary N) is 1. The van der Waals surface area contributed by atoms with Gasteiger partial charge in [0.05, 0.1) is 10.9 Å². The van der Waals surface area contributed by atoms with E-state index in [4.69, 9.17) is 23.2 Å². The summed E-state index contributed by atoms with van der Waals surface area (Å²) in [6.07, 6.45) is 1.38. The number of anilines is 1. The van der Waals surface area contributed by atoms with E-state index < -0.39 is 15.9 Å². The van der Waals surface area contributed by atoms with Crippen molar-refractivity contribution < 1.29 is 13.2 Å². The van der Waals surface area contributed by atoms with Crippen LogP contribution < -0.4 is 5.32 Å². The average Bonchev–Trinajstić information content (AvgIpc) is 3.02. The lowest BCUT2D eigenvalue weighted by Gasteiger charge is -2.19. The molecule has 1 amide bonds. The molecule has 26 heavy (non-hydrogen) atoms. The van der Waals surface area contributed by atoms with E-state index in [1.165, 1.54) is 19.2 Å². The summed E-state index contributed by atoms with van der Waals surface area (Å²) in [5.41, 5.74) is 2.46. The molecule has 2 rings (SSSR count). The Morgan fingerprint density at radius 1 is 1.15 bits per heavy atom.